The van der Waals surface area contributed by atoms with Crippen molar-refractivity contribution in [2.45, 2.75) is 64.3 Å². The van der Waals surface area contributed by atoms with E-state index in [2.05, 4.69) is 19.2 Å². The van der Waals surface area contributed by atoms with E-state index in [-0.39, 0.29) is 12.3 Å². The number of ether oxygens (including phenoxy) is 2. The molecule has 0 spiro atoms. The molecule has 1 rings (SSSR count). The average molecular weight is 229 g/mol. The van der Waals surface area contributed by atoms with E-state index in [0.717, 1.165) is 5.92 Å². The molecule has 0 aromatic rings. The number of nitrogens with one attached hydrogen (secondary N) is 1. The molecule has 3 heteroatoms. The van der Waals surface area contributed by atoms with Crippen LogP contribution in [0.5, 0.6) is 0 Å². The minimum absolute atomic E-state index is 0.138. The van der Waals surface area contributed by atoms with E-state index >= 15 is 0 Å². The molecule has 3 unspecified atom stereocenters. The van der Waals surface area contributed by atoms with Gasteiger partial charge >= 0.3 is 0 Å². The van der Waals surface area contributed by atoms with Gasteiger partial charge in [-0.1, -0.05) is 19.8 Å². The zero-order valence-corrected chi connectivity index (χ0v) is 11.2. The summed E-state index contributed by atoms with van der Waals surface area (Å²) in [6.45, 7) is 4.49. The van der Waals surface area contributed by atoms with Crippen molar-refractivity contribution in [2.75, 3.05) is 14.2 Å². The molecule has 0 amide bonds. The van der Waals surface area contributed by atoms with Gasteiger partial charge in [-0.2, -0.15) is 0 Å². The van der Waals surface area contributed by atoms with Crippen LogP contribution >= 0.6 is 0 Å². The maximum atomic E-state index is 5.27. The van der Waals surface area contributed by atoms with Crippen LogP contribution in [0.4, 0.5) is 0 Å². The van der Waals surface area contributed by atoms with Crippen LogP contribution in [0, 0.1) is 5.92 Å². The Bertz CT molecular complexity index is 183. The van der Waals surface area contributed by atoms with Gasteiger partial charge < -0.3 is 14.8 Å². The number of methoxy groups -OCH3 is 2. The van der Waals surface area contributed by atoms with Gasteiger partial charge in [-0.05, 0) is 32.1 Å². The molecule has 16 heavy (non-hydrogen) atoms. The maximum Gasteiger partial charge on any atom is 0.171 e. The first-order valence-electron chi connectivity index (χ1n) is 6.49. The van der Waals surface area contributed by atoms with Gasteiger partial charge in [0, 0.05) is 20.3 Å². The molecule has 96 valence electrons. The summed E-state index contributed by atoms with van der Waals surface area (Å²) in [5.74, 6) is 0.891. The predicted octanol–water partition coefficient (Wildman–Crippen LogP) is 2.55. The fraction of sp³-hybridized carbons (Fsp3) is 1.00. The molecule has 0 aromatic carbocycles. The lowest BCUT2D eigenvalue weighted by atomic mass is 10.0. The minimum Gasteiger partial charge on any atom is -0.354 e. The van der Waals surface area contributed by atoms with Gasteiger partial charge in [0.1, 0.15) is 0 Å². The molecule has 0 aromatic heterocycles. The third kappa shape index (κ3) is 4.40. The van der Waals surface area contributed by atoms with Gasteiger partial charge in [0.05, 0.1) is 6.04 Å². The number of rotatable bonds is 5. The van der Waals surface area contributed by atoms with Gasteiger partial charge in [0.25, 0.3) is 0 Å². The first-order valence-corrected chi connectivity index (χ1v) is 6.49. The van der Waals surface area contributed by atoms with Crippen LogP contribution in [-0.2, 0) is 9.47 Å². The van der Waals surface area contributed by atoms with Crippen LogP contribution in [-0.4, -0.2) is 32.6 Å². The van der Waals surface area contributed by atoms with E-state index in [4.69, 9.17) is 9.47 Å². The number of hydrogen-bond acceptors (Lipinski definition) is 3. The highest BCUT2D eigenvalue weighted by atomic mass is 16.7. The van der Waals surface area contributed by atoms with Crippen LogP contribution in [0.15, 0.2) is 0 Å². The number of hydrogen-bond donors (Lipinski definition) is 1. The van der Waals surface area contributed by atoms with Crippen LogP contribution in [0.1, 0.15) is 46.0 Å². The first-order chi connectivity index (χ1) is 7.67. The molecule has 1 aliphatic carbocycles. The monoisotopic (exact) mass is 229 g/mol. The molecule has 1 aliphatic rings. The third-order valence-electron chi connectivity index (χ3n) is 3.63. The zero-order valence-electron chi connectivity index (χ0n) is 11.2. The van der Waals surface area contributed by atoms with E-state index < -0.39 is 0 Å². The van der Waals surface area contributed by atoms with Crippen molar-refractivity contribution >= 4 is 0 Å². The van der Waals surface area contributed by atoms with Crippen LogP contribution in [0.2, 0.25) is 0 Å². The molecule has 1 saturated carbocycles. The van der Waals surface area contributed by atoms with Crippen LogP contribution in [0.3, 0.4) is 0 Å². The van der Waals surface area contributed by atoms with Gasteiger partial charge in [-0.3, -0.25) is 0 Å². The summed E-state index contributed by atoms with van der Waals surface area (Å²) in [6, 6.07) is 0.890. The summed E-state index contributed by atoms with van der Waals surface area (Å²) in [7, 11) is 3.39. The fourth-order valence-electron chi connectivity index (χ4n) is 2.61. The second-order valence-electron chi connectivity index (χ2n) is 5.11. The van der Waals surface area contributed by atoms with E-state index in [9.17, 15) is 0 Å². The Morgan fingerprint density at radius 3 is 2.38 bits per heavy atom. The lowest BCUT2D eigenvalue weighted by Gasteiger charge is -2.27. The summed E-state index contributed by atoms with van der Waals surface area (Å²) in [5.41, 5.74) is 0. The molecule has 0 aliphatic heterocycles. The smallest absolute Gasteiger partial charge is 0.171 e. The Morgan fingerprint density at radius 1 is 1.06 bits per heavy atom. The molecule has 3 atom stereocenters. The molecule has 0 radical (unpaired) electrons. The van der Waals surface area contributed by atoms with E-state index in [1.54, 1.807) is 14.2 Å². The van der Waals surface area contributed by atoms with Crippen molar-refractivity contribution in [3.05, 3.63) is 0 Å². The maximum absolute atomic E-state index is 5.27. The Morgan fingerprint density at radius 2 is 1.75 bits per heavy atom. The van der Waals surface area contributed by atoms with Crippen molar-refractivity contribution in [3.63, 3.8) is 0 Å². The standard InChI is InChI=1S/C13H27NO2/c1-10-6-5-7-12(9-8-10)14-11(2)13(15-3)16-4/h10-14H,5-9H2,1-4H3. The highest BCUT2D eigenvalue weighted by Crippen LogP contribution is 2.23. The van der Waals surface area contributed by atoms with Crippen molar-refractivity contribution < 1.29 is 9.47 Å². The molecule has 1 fully saturated rings. The summed E-state index contributed by atoms with van der Waals surface area (Å²) in [6.07, 6.45) is 6.50. The van der Waals surface area contributed by atoms with Gasteiger partial charge in [0.2, 0.25) is 0 Å². The van der Waals surface area contributed by atoms with Gasteiger partial charge in [-0.25, -0.2) is 0 Å². The van der Waals surface area contributed by atoms with Crippen LogP contribution < -0.4 is 5.32 Å². The second-order valence-corrected chi connectivity index (χ2v) is 5.11. The van der Waals surface area contributed by atoms with Crippen LogP contribution in [0.25, 0.3) is 0 Å². The van der Waals surface area contributed by atoms with Gasteiger partial charge in [-0.15, -0.1) is 0 Å². The van der Waals surface area contributed by atoms with E-state index in [0.29, 0.717) is 6.04 Å². The Kier molecular flexibility index (Phi) is 6.32. The molecule has 0 heterocycles. The molecule has 0 bridgehead atoms. The van der Waals surface area contributed by atoms with Crippen molar-refractivity contribution in [3.8, 4) is 0 Å². The zero-order chi connectivity index (χ0) is 12.0. The molecule has 3 nitrogen and oxygen atoms in total. The fourth-order valence-corrected chi connectivity index (χ4v) is 2.61. The Labute approximate surface area is 99.9 Å². The topological polar surface area (TPSA) is 30.5 Å². The third-order valence-corrected chi connectivity index (χ3v) is 3.63. The summed E-state index contributed by atoms with van der Waals surface area (Å²) in [5, 5.41) is 3.63. The highest BCUT2D eigenvalue weighted by molar-refractivity contribution is 4.77. The van der Waals surface area contributed by atoms with E-state index in [1.165, 1.54) is 32.1 Å². The highest BCUT2D eigenvalue weighted by Gasteiger charge is 2.21. The lowest BCUT2D eigenvalue weighted by Crippen LogP contribution is -2.45. The first kappa shape index (κ1) is 13.9. The Balaban J connectivity index is 2.34. The summed E-state index contributed by atoms with van der Waals surface area (Å²) < 4.78 is 10.5. The molecular formula is C13H27NO2. The van der Waals surface area contributed by atoms with Gasteiger partial charge in [0.15, 0.2) is 6.29 Å². The van der Waals surface area contributed by atoms with Crippen molar-refractivity contribution in [1.82, 2.24) is 5.32 Å². The second kappa shape index (κ2) is 7.25. The molecular weight excluding hydrogens is 202 g/mol. The predicted molar refractivity (Wildman–Crippen MR) is 66.4 cm³/mol. The van der Waals surface area contributed by atoms with E-state index in [1.807, 2.05) is 0 Å². The normalized spacial score (nSPS) is 29.1. The quantitative estimate of drug-likeness (QED) is 0.580. The summed E-state index contributed by atoms with van der Waals surface area (Å²) in [4.78, 5) is 0. The van der Waals surface area contributed by atoms with Crippen molar-refractivity contribution in [1.29, 1.82) is 0 Å². The summed E-state index contributed by atoms with van der Waals surface area (Å²) >= 11 is 0. The minimum atomic E-state index is -0.138. The SMILES string of the molecule is COC(OC)C(C)NC1CCCC(C)CC1. The molecule has 0 saturated heterocycles. The molecule has 1 N–H and O–H groups in total. The Hall–Kier alpha value is -0.120. The van der Waals surface area contributed by atoms with Crippen molar-refractivity contribution in [2.24, 2.45) is 5.92 Å². The lowest BCUT2D eigenvalue weighted by molar-refractivity contribution is -0.121. The largest absolute Gasteiger partial charge is 0.354 e. The average Bonchev–Trinajstić information content (AvgIpc) is 2.46.